The Hall–Kier alpha value is -0.890. The van der Waals surface area contributed by atoms with Gasteiger partial charge < -0.3 is 0 Å². The average Bonchev–Trinajstić information content (AvgIpc) is 2.62. The van der Waals surface area contributed by atoms with E-state index >= 15 is 0 Å². The van der Waals surface area contributed by atoms with Gasteiger partial charge in [0.15, 0.2) is 11.4 Å². The molecule has 0 aliphatic carbocycles. The molecule has 0 fully saturated rings. The maximum atomic E-state index is 2.34. The van der Waals surface area contributed by atoms with Crippen molar-refractivity contribution in [1.82, 2.24) is 0 Å². The summed E-state index contributed by atoms with van der Waals surface area (Å²) < 4.78 is 3.80. The van der Waals surface area contributed by atoms with Crippen molar-refractivity contribution in [2.24, 2.45) is 7.05 Å². The number of thiophene rings is 1. The van der Waals surface area contributed by atoms with E-state index in [1.807, 2.05) is 11.3 Å². The molecule has 2 aromatic heterocycles. The molecule has 0 aromatic carbocycles. The van der Waals surface area contributed by atoms with Crippen LogP contribution in [0.3, 0.4) is 0 Å². The lowest BCUT2D eigenvalue weighted by Gasteiger charge is -2.09. The molecular weight excluding hydrogens is 202 g/mol. The zero-order valence-corrected chi connectivity index (χ0v) is 10.9. The molecular formula is C13H18NS+. The third-order valence-corrected chi connectivity index (χ3v) is 4.27. The molecule has 80 valence electrons. The molecule has 0 aliphatic heterocycles. The summed E-state index contributed by atoms with van der Waals surface area (Å²) in [7, 11) is 2.18. The maximum Gasteiger partial charge on any atom is 0.192 e. The van der Waals surface area contributed by atoms with Gasteiger partial charge >= 0.3 is 0 Å². The summed E-state index contributed by atoms with van der Waals surface area (Å²) in [6, 6.07) is 2.25. The Labute approximate surface area is 95.4 Å². The number of hydrogen-bond donors (Lipinski definition) is 0. The fourth-order valence-electron chi connectivity index (χ4n) is 2.28. The largest absolute Gasteiger partial charge is 0.202 e. The molecule has 15 heavy (non-hydrogen) atoms. The van der Waals surface area contributed by atoms with Crippen molar-refractivity contribution in [2.45, 2.75) is 33.6 Å². The average molecular weight is 220 g/mol. The van der Waals surface area contributed by atoms with E-state index in [-0.39, 0.29) is 0 Å². The van der Waals surface area contributed by atoms with Crippen LogP contribution in [0, 0.1) is 13.8 Å². The van der Waals surface area contributed by atoms with Crippen LogP contribution in [0.5, 0.6) is 0 Å². The molecule has 0 atom stereocenters. The van der Waals surface area contributed by atoms with Crippen LogP contribution in [-0.2, 0) is 7.05 Å². The first-order valence-electron chi connectivity index (χ1n) is 5.40. The standard InChI is InChI=1S/C13H18NS/c1-8(2)12-11-6-7-15-13(11)9(3)10(4)14(12)5/h6-8H,1-5H3/q+1. The van der Waals surface area contributed by atoms with Gasteiger partial charge in [-0.1, -0.05) is 13.8 Å². The lowest BCUT2D eigenvalue weighted by molar-refractivity contribution is -0.685. The number of fused-ring (bicyclic) bond motifs is 1. The van der Waals surface area contributed by atoms with Gasteiger partial charge in [-0.05, 0) is 18.4 Å². The third kappa shape index (κ3) is 1.48. The molecule has 0 saturated carbocycles. The van der Waals surface area contributed by atoms with E-state index < -0.39 is 0 Å². The minimum absolute atomic E-state index is 0.575. The van der Waals surface area contributed by atoms with Crippen molar-refractivity contribution in [1.29, 1.82) is 0 Å². The van der Waals surface area contributed by atoms with E-state index in [1.54, 1.807) is 0 Å². The minimum atomic E-state index is 0.575. The summed E-state index contributed by atoms with van der Waals surface area (Å²) in [4.78, 5) is 0. The van der Waals surface area contributed by atoms with Gasteiger partial charge in [0.05, 0.1) is 5.39 Å². The highest BCUT2D eigenvalue weighted by Gasteiger charge is 2.21. The van der Waals surface area contributed by atoms with Crippen LogP contribution < -0.4 is 4.57 Å². The topological polar surface area (TPSA) is 3.88 Å². The minimum Gasteiger partial charge on any atom is -0.202 e. The van der Waals surface area contributed by atoms with Gasteiger partial charge in [-0.15, -0.1) is 11.3 Å². The molecule has 2 aromatic rings. The summed E-state index contributed by atoms with van der Waals surface area (Å²) in [6.45, 7) is 8.96. The van der Waals surface area contributed by atoms with Crippen LogP contribution in [0.2, 0.25) is 0 Å². The Morgan fingerprint density at radius 1 is 1.27 bits per heavy atom. The zero-order chi connectivity index (χ0) is 11.2. The van der Waals surface area contributed by atoms with Crippen molar-refractivity contribution in [3.05, 3.63) is 28.4 Å². The number of rotatable bonds is 1. The van der Waals surface area contributed by atoms with Crippen LogP contribution in [0.25, 0.3) is 10.1 Å². The van der Waals surface area contributed by atoms with E-state index in [2.05, 4.69) is 50.8 Å². The van der Waals surface area contributed by atoms with Gasteiger partial charge in [0.1, 0.15) is 7.05 Å². The summed E-state index contributed by atoms with van der Waals surface area (Å²) >= 11 is 1.86. The lowest BCUT2D eigenvalue weighted by atomic mass is 10.0. The van der Waals surface area contributed by atoms with Gasteiger partial charge in [-0.2, -0.15) is 0 Å². The first-order valence-corrected chi connectivity index (χ1v) is 6.28. The van der Waals surface area contributed by atoms with Crippen LogP contribution in [-0.4, -0.2) is 0 Å². The highest BCUT2D eigenvalue weighted by atomic mass is 32.1. The van der Waals surface area contributed by atoms with Crippen molar-refractivity contribution < 1.29 is 4.57 Å². The SMILES string of the molecule is Cc1c(C)[n+](C)c(C(C)C)c2ccsc12. The Bertz CT molecular complexity index is 509. The fourth-order valence-corrected chi connectivity index (χ4v) is 3.24. The van der Waals surface area contributed by atoms with E-state index in [0.717, 1.165) is 0 Å². The van der Waals surface area contributed by atoms with Gasteiger partial charge in [0.25, 0.3) is 0 Å². The van der Waals surface area contributed by atoms with Crippen molar-refractivity contribution in [3.63, 3.8) is 0 Å². The van der Waals surface area contributed by atoms with E-state index in [9.17, 15) is 0 Å². The number of aryl methyl sites for hydroxylation is 1. The molecule has 0 radical (unpaired) electrons. The van der Waals surface area contributed by atoms with Gasteiger partial charge in [0.2, 0.25) is 0 Å². The van der Waals surface area contributed by atoms with Crippen LogP contribution >= 0.6 is 11.3 Å². The van der Waals surface area contributed by atoms with E-state index in [4.69, 9.17) is 0 Å². The first-order chi connectivity index (χ1) is 7.04. The zero-order valence-electron chi connectivity index (χ0n) is 10.1. The predicted molar refractivity (Wildman–Crippen MR) is 66.6 cm³/mol. The molecule has 1 nitrogen and oxygen atoms in total. The van der Waals surface area contributed by atoms with Crippen LogP contribution in [0.15, 0.2) is 11.4 Å². The van der Waals surface area contributed by atoms with Crippen LogP contribution in [0.4, 0.5) is 0 Å². The Morgan fingerprint density at radius 3 is 2.53 bits per heavy atom. The highest BCUT2D eigenvalue weighted by Crippen LogP contribution is 2.30. The molecule has 0 aliphatic rings. The number of pyridine rings is 1. The smallest absolute Gasteiger partial charge is 0.192 e. The Balaban J connectivity index is 2.94. The lowest BCUT2D eigenvalue weighted by Crippen LogP contribution is -2.38. The molecule has 0 unspecified atom stereocenters. The Kier molecular flexibility index (Phi) is 2.55. The highest BCUT2D eigenvalue weighted by molar-refractivity contribution is 7.17. The first kappa shape index (κ1) is 10.6. The molecule has 0 spiro atoms. The molecule has 2 heterocycles. The van der Waals surface area contributed by atoms with Crippen molar-refractivity contribution >= 4 is 21.4 Å². The normalized spacial score (nSPS) is 11.6. The predicted octanol–water partition coefficient (Wildman–Crippen LogP) is 3.47. The second-order valence-corrected chi connectivity index (χ2v) is 5.39. The van der Waals surface area contributed by atoms with Crippen molar-refractivity contribution in [2.75, 3.05) is 0 Å². The molecule has 2 rings (SSSR count). The quantitative estimate of drug-likeness (QED) is 0.648. The second-order valence-electron chi connectivity index (χ2n) is 4.47. The van der Waals surface area contributed by atoms with Crippen LogP contribution in [0.1, 0.15) is 36.7 Å². The summed E-state index contributed by atoms with van der Waals surface area (Å²) in [5, 5.41) is 3.63. The van der Waals surface area contributed by atoms with Gasteiger partial charge in [0, 0.05) is 23.1 Å². The summed E-state index contributed by atoms with van der Waals surface area (Å²) in [6.07, 6.45) is 0. The van der Waals surface area contributed by atoms with Gasteiger partial charge in [-0.25, -0.2) is 4.57 Å². The number of nitrogens with zero attached hydrogens (tertiary/aromatic N) is 1. The van der Waals surface area contributed by atoms with E-state index in [0.29, 0.717) is 5.92 Å². The third-order valence-electron chi connectivity index (χ3n) is 3.24. The number of aromatic nitrogens is 1. The molecule has 0 bridgehead atoms. The summed E-state index contributed by atoms with van der Waals surface area (Å²) in [5.74, 6) is 0.575. The fraction of sp³-hybridized carbons (Fsp3) is 0.462. The Morgan fingerprint density at radius 2 is 1.93 bits per heavy atom. The number of hydrogen-bond acceptors (Lipinski definition) is 1. The molecule has 2 heteroatoms. The molecule has 0 amide bonds. The molecule has 0 N–H and O–H groups in total. The monoisotopic (exact) mass is 220 g/mol. The van der Waals surface area contributed by atoms with E-state index in [1.165, 1.54) is 27.0 Å². The van der Waals surface area contributed by atoms with Crippen molar-refractivity contribution in [3.8, 4) is 0 Å². The van der Waals surface area contributed by atoms with Gasteiger partial charge in [-0.3, -0.25) is 0 Å². The molecule has 0 saturated heterocycles. The summed E-state index contributed by atoms with van der Waals surface area (Å²) in [5.41, 5.74) is 4.26. The second kappa shape index (κ2) is 3.60. The maximum absolute atomic E-state index is 2.34.